The minimum Gasteiger partial charge on any atom is -0.493 e. The predicted octanol–water partition coefficient (Wildman–Crippen LogP) is 1.56. The number of rotatable bonds is 2. The lowest BCUT2D eigenvalue weighted by Crippen LogP contribution is -2.13. The summed E-state index contributed by atoms with van der Waals surface area (Å²) in [6.07, 6.45) is 4.91. The van der Waals surface area contributed by atoms with Gasteiger partial charge in [0.15, 0.2) is 11.5 Å². The molecule has 0 amide bonds. The first-order chi connectivity index (χ1) is 6.57. The van der Waals surface area contributed by atoms with E-state index in [1.807, 2.05) is 0 Å². The van der Waals surface area contributed by atoms with E-state index in [0.29, 0.717) is 11.1 Å². The number of carbonyl (C=O) groups excluding carboxylic acids is 2. The van der Waals surface area contributed by atoms with Crippen molar-refractivity contribution in [3.8, 4) is 0 Å². The second-order valence-corrected chi connectivity index (χ2v) is 3.02. The molecule has 0 aromatic rings. The van der Waals surface area contributed by atoms with Crippen molar-refractivity contribution in [1.82, 2.24) is 0 Å². The molecule has 0 unspecified atom stereocenters. The molecule has 74 valence electrons. The third kappa shape index (κ3) is 1.82. The standard InChI is InChI=1S/C11H12O3/c1-7(8(2)12)9-5-4-6-10(14-3)11(9)13/h4-6H,1-3H3/b9-7-. The molecule has 3 heteroatoms. The Kier molecular flexibility index (Phi) is 3.02. The van der Waals surface area contributed by atoms with Crippen molar-refractivity contribution in [1.29, 1.82) is 0 Å². The van der Waals surface area contributed by atoms with Gasteiger partial charge in [-0.2, -0.15) is 0 Å². The van der Waals surface area contributed by atoms with Crippen LogP contribution in [0, 0.1) is 0 Å². The van der Waals surface area contributed by atoms with Crippen molar-refractivity contribution in [2.24, 2.45) is 0 Å². The van der Waals surface area contributed by atoms with Gasteiger partial charge < -0.3 is 4.74 Å². The molecular formula is C11H12O3. The summed E-state index contributed by atoms with van der Waals surface area (Å²) >= 11 is 0. The molecule has 0 saturated carbocycles. The molecule has 0 fully saturated rings. The second-order valence-electron chi connectivity index (χ2n) is 3.02. The fraction of sp³-hybridized carbons (Fsp3) is 0.273. The molecule has 0 saturated heterocycles. The van der Waals surface area contributed by atoms with Crippen molar-refractivity contribution in [2.45, 2.75) is 13.8 Å². The molecule has 0 spiro atoms. The quantitative estimate of drug-likeness (QED) is 0.623. The van der Waals surface area contributed by atoms with Crippen LogP contribution in [0.25, 0.3) is 0 Å². The van der Waals surface area contributed by atoms with Gasteiger partial charge in [0, 0.05) is 11.1 Å². The van der Waals surface area contributed by atoms with Gasteiger partial charge in [-0.3, -0.25) is 9.59 Å². The predicted molar refractivity (Wildman–Crippen MR) is 52.6 cm³/mol. The van der Waals surface area contributed by atoms with Gasteiger partial charge in [-0.15, -0.1) is 0 Å². The molecule has 1 aliphatic rings. The number of Topliss-reactive ketones (excluding diaryl/α,β-unsaturated/α-hetero) is 2. The number of ketones is 2. The van der Waals surface area contributed by atoms with E-state index in [0.717, 1.165) is 0 Å². The van der Waals surface area contributed by atoms with Gasteiger partial charge in [0.2, 0.25) is 5.78 Å². The minimum absolute atomic E-state index is 0.102. The molecule has 0 atom stereocenters. The maximum absolute atomic E-state index is 11.6. The van der Waals surface area contributed by atoms with Gasteiger partial charge in [-0.1, -0.05) is 12.2 Å². The van der Waals surface area contributed by atoms with E-state index in [-0.39, 0.29) is 17.3 Å². The Morgan fingerprint density at radius 3 is 2.50 bits per heavy atom. The zero-order valence-corrected chi connectivity index (χ0v) is 8.46. The molecule has 1 aliphatic carbocycles. The van der Waals surface area contributed by atoms with Crippen LogP contribution < -0.4 is 0 Å². The highest BCUT2D eigenvalue weighted by atomic mass is 16.5. The molecule has 0 aromatic heterocycles. The van der Waals surface area contributed by atoms with E-state index in [9.17, 15) is 9.59 Å². The summed E-state index contributed by atoms with van der Waals surface area (Å²) in [6, 6.07) is 0. The van der Waals surface area contributed by atoms with Crippen LogP contribution in [-0.2, 0) is 14.3 Å². The summed E-state index contributed by atoms with van der Waals surface area (Å²) in [6.45, 7) is 3.08. The average molecular weight is 192 g/mol. The van der Waals surface area contributed by atoms with Gasteiger partial charge in [-0.05, 0) is 19.9 Å². The van der Waals surface area contributed by atoms with E-state index in [1.54, 1.807) is 25.2 Å². The van der Waals surface area contributed by atoms with Crippen molar-refractivity contribution < 1.29 is 14.3 Å². The largest absolute Gasteiger partial charge is 0.493 e. The number of hydrogen-bond acceptors (Lipinski definition) is 3. The summed E-state index contributed by atoms with van der Waals surface area (Å²) in [4.78, 5) is 22.7. The van der Waals surface area contributed by atoms with Gasteiger partial charge in [-0.25, -0.2) is 0 Å². The van der Waals surface area contributed by atoms with Crippen molar-refractivity contribution in [3.05, 3.63) is 35.1 Å². The highest BCUT2D eigenvalue weighted by molar-refractivity contribution is 6.14. The number of allylic oxidation sites excluding steroid dienone is 5. The summed E-state index contributed by atoms with van der Waals surface area (Å²) in [5, 5.41) is 0. The topological polar surface area (TPSA) is 43.4 Å². The zero-order valence-electron chi connectivity index (χ0n) is 8.46. The molecule has 0 bridgehead atoms. The summed E-state index contributed by atoms with van der Waals surface area (Å²) in [5.41, 5.74) is 0.880. The number of methoxy groups -OCH3 is 1. The van der Waals surface area contributed by atoms with Crippen LogP contribution in [0.1, 0.15) is 13.8 Å². The first kappa shape index (κ1) is 10.4. The zero-order chi connectivity index (χ0) is 10.7. The second kappa shape index (κ2) is 4.05. The van der Waals surface area contributed by atoms with Crippen LogP contribution >= 0.6 is 0 Å². The molecular weight excluding hydrogens is 180 g/mol. The molecule has 0 aliphatic heterocycles. The van der Waals surface area contributed by atoms with Gasteiger partial charge >= 0.3 is 0 Å². The molecule has 0 aromatic carbocycles. The van der Waals surface area contributed by atoms with Gasteiger partial charge in [0.05, 0.1) is 7.11 Å². The fourth-order valence-corrected chi connectivity index (χ4v) is 1.16. The van der Waals surface area contributed by atoms with E-state index < -0.39 is 0 Å². The molecule has 0 heterocycles. The van der Waals surface area contributed by atoms with E-state index >= 15 is 0 Å². The number of hydrogen-bond donors (Lipinski definition) is 0. The molecule has 3 nitrogen and oxygen atoms in total. The molecule has 0 N–H and O–H groups in total. The Labute approximate surface area is 82.8 Å². The summed E-state index contributed by atoms with van der Waals surface area (Å²) in [5.74, 6) is -0.0684. The lowest BCUT2D eigenvalue weighted by molar-refractivity contribution is -0.116. The van der Waals surface area contributed by atoms with Crippen molar-refractivity contribution in [2.75, 3.05) is 7.11 Å². The Hall–Kier alpha value is -1.64. The van der Waals surface area contributed by atoms with Crippen LogP contribution in [-0.4, -0.2) is 18.7 Å². The smallest absolute Gasteiger partial charge is 0.227 e. The highest BCUT2D eigenvalue weighted by Gasteiger charge is 2.19. The van der Waals surface area contributed by atoms with E-state index in [1.165, 1.54) is 14.0 Å². The summed E-state index contributed by atoms with van der Waals surface area (Å²) < 4.78 is 4.88. The van der Waals surface area contributed by atoms with Crippen LogP contribution in [0.3, 0.4) is 0 Å². The van der Waals surface area contributed by atoms with E-state index in [4.69, 9.17) is 4.74 Å². The Balaban J connectivity index is 3.14. The third-order valence-corrected chi connectivity index (χ3v) is 2.13. The molecule has 14 heavy (non-hydrogen) atoms. The lowest BCUT2D eigenvalue weighted by atomic mass is 9.98. The van der Waals surface area contributed by atoms with Gasteiger partial charge in [0.1, 0.15) is 0 Å². The maximum Gasteiger partial charge on any atom is 0.227 e. The number of ether oxygens (including phenoxy) is 1. The Morgan fingerprint density at radius 1 is 1.36 bits per heavy atom. The number of carbonyl (C=O) groups is 2. The monoisotopic (exact) mass is 192 g/mol. The third-order valence-electron chi connectivity index (χ3n) is 2.13. The molecule has 1 rings (SSSR count). The van der Waals surface area contributed by atoms with Crippen LogP contribution in [0.2, 0.25) is 0 Å². The average Bonchev–Trinajstić information content (AvgIpc) is 2.17. The maximum atomic E-state index is 11.6. The van der Waals surface area contributed by atoms with Crippen LogP contribution in [0.4, 0.5) is 0 Å². The highest BCUT2D eigenvalue weighted by Crippen LogP contribution is 2.18. The first-order valence-electron chi connectivity index (χ1n) is 4.26. The van der Waals surface area contributed by atoms with Crippen molar-refractivity contribution >= 4 is 11.6 Å². The first-order valence-corrected chi connectivity index (χ1v) is 4.26. The molecule has 0 radical (unpaired) electrons. The van der Waals surface area contributed by atoms with Crippen LogP contribution in [0.5, 0.6) is 0 Å². The SMILES string of the molecule is COC1=CC=C/C(=C(\C)C(C)=O)C1=O. The summed E-state index contributed by atoms with van der Waals surface area (Å²) in [7, 11) is 1.43. The Morgan fingerprint density at radius 2 is 2.00 bits per heavy atom. The van der Waals surface area contributed by atoms with Crippen molar-refractivity contribution in [3.63, 3.8) is 0 Å². The van der Waals surface area contributed by atoms with Gasteiger partial charge in [0.25, 0.3) is 0 Å². The van der Waals surface area contributed by atoms with Crippen LogP contribution in [0.15, 0.2) is 35.1 Å². The fourth-order valence-electron chi connectivity index (χ4n) is 1.16. The van der Waals surface area contributed by atoms with E-state index in [2.05, 4.69) is 0 Å². The Bertz CT molecular complexity index is 370. The minimum atomic E-state index is -0.234. The lowest BCUT2D eigenvalue weighted by Gasteiger charge is -2.10. The normalized spacial score (nSPS) is 19.1.